The van der Waals surface area contributed by atoms with Crippen LogP contribution in [0.5, 0.6) is 0 Å². The van der Waals surface area contributed by atoms with Gasteiger partial charge in [-0.3, -0.25) is 4.68 Å². The number of hydrogen-bond acceptors (Lipinski definition) is 2. The molecule has 2 heterocycles. The number of aryl methyl sites for hydroxylation is 2. The number of nitrogens with one attached hydrogen (secondary N) is 1. The van der Waals surface area contributed by atoms with Gasteiger partial charge in [0.15, 0.2) is 0 Å². The number of rotatable bonds is 3. The summed E-state index contributed by atoms with van der Waals surface area (Å²) in [5.41, 5.74) is 5.87. The SMILES string of the molecule is Cc1ccc(C)n1NCc1sccc1Br. The molecule has 15 heavy (non-hydrogen) atoms. The zero-order chi connectivity index (χ0) is 10.8. The third-order valence-corrected chi connectivity index (χ3v) is 4.29. The summed E-state index contributed by atoms with van der Waals surface area (Å²) in [6, 6.07) is 6.31. The fourth-order valence-corrected chi connectivity index (χ4v) is 2.94. The van der Waals surface area contributed by atoms with E-state index >= 15 is 0 Å². The minimum Gasteiger partial charge on any atom is -0.321 e. The van der Waals surface area contributed by atoms with Crippen LogP contribution in [0.3, 0.4) is 0 Å². The van der Waals surface area contributed by atoms with Crippen LogP contribution in [0.25, 0.3) is 0 Å². The Kier molecular flexibility index (Phi) is 3.17. The van der Waals surface area contributed by atoms with Gasteiger partial charge in [0, 0.05) is 20.7 Å². The van der Waals surface area contributed by atoms with Gasteiger partial charge < -0.3 is 5.43 Å². The van der Waals surface area contributed by atoms with E-state index in [1.807, 2.05) is 0 Å². The second kappa shape index (κ2) is 4.41. The molecule has 2 rings (SSSR count). The third-order valence-electron chi connectivity index (χ3n) is 2.36. The molecular weight excluding hydrogens is 272 g/mol. The van der Waals surface area contributed by atoms with Gasteiger partial charge in [0.05, 0.1) is 6.54 Å². The number of hydrogen-bond donors (Lipinski definition) is 1. The lowest BCUT2D eigenvalue weighted by molar-refractivity contribution is 0.796. The van der Waals surface area contributed by atoms with Crippen molar-refractivity contribution < 1.29 is 0 Å². The van der Waals surface area contributed by atoms with Gasteiger partial charge in [0.25, 0.3) is 0 Å². The average molecular weight is 285 g/mol. The first-order valence-corrected chi connectivity index (χ1v) is 6.46. The number of nitrogens with zero attached hydrogens (tertiary/aromatic N) is 1. The normalized spacial score (nSPS) is 10.6. The summed E-state index contributed by atoms with van der Waals surface area (Å²) in [4.78, 5) is 1.32. The molecule has 1 N–H and O–H groups in total. The molecule has 0 spiro atoms. The largest absolute Gasteiger partial charge is 0.321 e. The van der Waals surface area contributed by atoms with E-state index in [9.17, 15) is 0 Å². The molecule has 0 unspecified atom stereocenters. The molecule has 0 fully saturated rings. The van der Waals surface area contributed by atoms with E-state index in [1.165, 1.54) is 20.7 Å². The van der Waals surface area contributed by atoms with Gasteiger partial charge in [-0.1, -0.05) is 0 Å². The fourth-order valence-electron chi connectivity index (χ4n) is 1.52. The van der Waals surface area contributed by atoms with Crippen molar-refractivity contribution in [2.75, 3.05) is 5.43 Å². The Bertz CT molecular complexity index is 439. The molecule has 80 valence electrons. The van der Waals surface area contributed by atoms with Crippen LogP contribution in [0, 0.1) is 13.8 Å². The van der Waals surface area contributed by atoms with Crippen molar-refractivity contribution in [3.05, 3.63) is 44.3 Å². The van der Waals surface area contributed by atoms with Gasteiger partial charge >= 0.3 is 0 Å². The lowest BCUT2D eigenvalue weighted by atomic mass is 10.5. The fraction of sp³-hybridized carbons (Fsp3) is 0.273. The molecule has 0 aliphatic heterocycles. The highest BCUT2D eigenvalue weighted by Gasteiger charge is 2.03. The molecule has 0 saturated heterocycles. The van der Waals surface area contributed by atoms with E-state index in [0.717, 1.165) is 6.54 Å². The number of halogens is 1. The molecule has 0 atom stereocenters. The van der Waals surface area contributed by atoms with Crippen LogP contribution in [0.4, 0.5) is 0 Å². The molecule has 2 aromatic rings. The highest BCUT2D eigenvalue weighted by molar-refractivity contribution is 9.10. The van der Waals surface area contributed by atoms with Gasteiger partial charge in [-0.2, -0.15) is 0 Å². The molecule has 0 aliphatic rings. The predicted molar refractivity (Wildman–Crippen MR) is 69.0 cm³/mol. The van der Waals surface area contributed by atoms with Crippen molar-refractivity contribution in [3.8, 4) is 0 Å². The van der Waals surface area contributed by atoms with E-state index < -0.39 is 0 Å². The molecule has 2 aromatic heterocycles. The van der Waals surface area contributed by atoms with Crippen LogP contribution in [0.15, 0.2) is 28.1 Å². The van der Waals surface area contributed by atoms with E-state index in [4.69, 9.17) is 0 Å². The van der Waals surface area contributed by atoms with E-state index in [2.05, 4.69) is 63.5 Å². The summed E-state index contributed by atoms with van der Waals surface area (Å²) in [5, 5.41) is 2.09. The van der Waals surface area contributed by atoms with Crippen molar-refractivity contribution in [1.29, 1.82) is 0 Å². The second-order valence-electron chi connectivity index (χ2n) is 3.48. The predicted octanol–water partition coefficient (Wildman–Crippen LogP) is 3.67. The van der Waals surface area contributed by atoms with Crippen LogP contribution < -0.4 is 5.43 Å². The summed E-state index contributed by atoms with van der Waals surface area (Å²) >= 11 is 5.29. The summed E-state index contributed by atoms with van der Waals surface area (Å²) < 4.78 is 3.30. The Balaban J connectivity index is 2.08. The van der Waals surface area contributed by atoms with Crippen molar-refractivity contribution in [2.45, 2.75) is 20.4 Å². The van der Waals surface area contributed by atoms with E-state index in [0.29, 0.717) is 0 Å². The third kappa shape index (κ3) is 2.26. The van der Waals surface area contributed by atoms with Crippen LogP contribution in [-0.2, 0) is 6.54 Å². The van der Waals surface area contributed by atoms with Crippen LogP contribution in [0.1, 0.15) is 16.3 Å². The maximum absolute atomic E-state index is 3.53. The Morgan fingerprint density at radius 2 is 1.93 bits per heavy atom. The van der Waals surface area contributed by atoms with Crippen molar-refractivity contribution >= 4 is 27.3 Å². The maximum Gasteiger partial charge on any atom is 0.0668 e. The highest BCUT2D eigenvalue weighted by atomic mass is 79.9. The summed E-state index contributed by atoms with van der Waals surface area (Å²) in [7, 11) is 0. The molecule has 0 bridgehead atoms. The summed E-state index contributed by atoms with van der Waals surface area (Å²) in [6.07, 6.45) is 0. The van der Waals surface area contributed by atoms with E-state index in [-0.39, 0.29) is 0 Å². The summed E-state index contributed by atoms with van der Waals surface area (Å²) in [6.45, 7) is 5.06. The standard InChI is InChI=1S/C11H13BrN2S/c1-8-3-4-9(2)14(8)13-7-11-10(12)5-6-15-11/h3-6,13H,7H2,1-2H3. The van der Waals surface area contributed by atoms with Gasteiger partial charge in [-0.05, 0) is 53.4 Å². The van der Waals surface area contributed by atoms with Gasteiger partial charge in [-0.25, -0.2) is 0 Å². The first-order valence-electron chi connectivity index (χ1n) is 4.79. The highest BCUT2D eigenvalue weighted by Crippen LogP contribution is 2.22. The van der Waals surface area contributed by atoms with Gasteiger partial charge in [0.1, 0.15) is 0 Å². The number of thiophene rings is 1. The van der Waals surface area contributed by atoms with Gasteiger partial charge in [0.2, 0.25) is 0 Å². The maximum atomic E-state index is 3.53. The molecule has 0 aliphatic carbocycles. The second-order valence-corrected chi connectivity index (χ2v) is 5.33. The monoisotopic (exact) mass is 284 g/mol. The molecule has 0 amide bonds. The quantitative estimate of drug-likeness (QED) is 0.910. The summed E-state index contributed by atoms with van der Waals surface area (Å²) in [5.74, 6) is 0. The molecule has 4 heteroatoms. The Hall–Kier alpha value is -0.740. The molecular formula is C11H13BrN2S. The van der Waals surface area contributed by atoms with E-state index in [1.54, 1.807) is 11.3 Å². The molecule has 0 saturated carbocycles. The average Bonchev–Trinajstić information content (AvgIpc) is 2.73. The van der Waals surface area contributed by atoms with Crippen molar-refractivity contribution in [2.24, 2.45) is 0 Å². The number of aromatic nitrogens is 1. The first kappa shape index (κ1) is 10.8. The first-order chi connectivity index (χ1) is 7.18. The Morgan fingerprint density at radius 3 is 2.47 bits per heavy atom. The Labute approximate surface area is 102 Å². The van der Waals surface area contributed by atoms with Crippen LogP contribution in [0.2, 0.25) is 0 Å². The minimum absolute atomic E-state index is 0.856. The van der Waals surface area contributed by atoms with Crippen molar-refractivity contribution in [1.82, 2.24) is 4.68 Å². The Morgan fingerprint density at radius 1 is 1.27 bits per heavy atom. The minimum atomic E-state index is 0.856. The van der Waals surface area contributed by atoms with Crippen molar-refractivity contribution in [3.63, 3.8) is 0 Å². The molecule has 0 radical (unpaired) electrons. The molecule has 0 aromatic carbocycles. The van der Waals surface area contributed by atoms with Crippen LogP contribution >= 0.6 is 27.3 Å². The lowest BCUT2D eigenvalue weighted by Gasteiger charge is -2.11. The van der Waals surface area contributed by atoms with Gasteiger partial charge in [-0.15, -0.1) is 11.3 Å². The lowest BCUT2D eigenvalue weighted by Crippen LogP contribution is -2.16. The zero-order valence-corrected chi connectivity index (χ0v) is 11.2. The van der Waals surface area contributed by atoms with Crippen LogP contribution in [-0.4, -0.2) is 4.68 Å². The topological polar surface area (TPSA) is 17.0 Å². The molecule has 2 nitrogen and oxygen atoms in total. The zero-order valence-electron chi connectivity index (χ0n) is 8.75. The smallest absolute Gasteiger partial charge is 0.0668 e.